The van der Waals surface area contributed by atoms with Crippen LogP contribution in [0.25, 0.3) is 0 Å². The predicted octanol–water partition coefficient (Wildman–Crippen LogP) is 2.43. The number of ether oxygens (including phenoxy) is 1. The molecule has 0 spiro atoms. The number of aromatic nitrogens is 2. The monoisotopic (exact) mass is 233 g/mol. The van der Waals surface area contributed by atoms with E-state index in [1.54, 1.807) is 12.4 Å². The number of nitrogens with two attached hydrogens (primary N) is 1. The lowest BCUT2D eigenvalue weighted by atomic mass is 10.2. The molecule has 0 aliphatic carbocycles. The van der Waals surface area contributed by atoms with Crippen LogP contribution in [0.15, 0.2) is 36.7 Å². The van der Waals surface area contributed by atoms with Gasteiger partial charge in [0.2, 0.25) is 0 Å². The first-order chi connectivity index (χ1) is 8.15. The van der Waals surface area contributed by atoms with Crippen LogP contribution in [0, 0.1) is 5.82 Å². The molecule has 1 aromatic heterocycles. The van der Waals surface area contributed by atoms with Gasteiger partial charge in [0.15, 0.2) is 0 Å². The topological polar surface area (TPSA) is 61.0 Å². The van der Waals surface area contributed by atoms with Gasteiger partial charge < -0.3 is 10.5 Å². The highest BCUT2D eigenvalue weighted by atomic mass is 19.1. The summed E-state index contributed by atoms with van der Waals surface area (Å²) < 4.78 is 18.0. The van der Waals surface area contributed by atoms with Gasteiger partial charge in [-0.1, -0.05) is 0 Å². The minimum atomic E-state index is -0.314. The Morgan fingerprint density at radius 3 is 2.29 bits per heavy atom. The van der Waals surface area contributed by atoms with Gasteiger partial charge in [-0.2, -0.15) is 0 Å². The van der Waals surface area contributed by atoms with E-state index in [9.17, 15) is 4.39 Å². The molecule has 0 aliphatic rings. The molecular weight excluding hydrogens is 221 g/mol. The van der Waals surface area contributed by atoms with Crippen molar-refractivity contribution >= 4 is 0 Å². The van der Waals surface area contributed by atoms with Crippen LogP contribution in [0.5, 0.6) is 11.8 Å². The fourth-order valence-electron chi connectivity index (χ4n) is 1.22. The third-order valence-corrected chi connectivity index (χ3v) is 2.20. The van der Waals surface area contributed by atoms with E-state index in [0.717, 1.165) is 5.56 Å². The molecule has 17 heavy (non-hydrogen) atoms. The molecule has 1 heterocycles. The van der Waals surface area contributed by atoms with Crippen molar-refractivity contribution in [2.24, 2.45) is 5.73 Å². The van der Waals surface area contributed by atoms with Crippen molar-refractivity contribution in [3.63, 3.8) is 0 Å². The van der Waals surface area contributed by atoms with Crippen LogP contribution in [0.2, 0.25) is 0 Å². The Labute approximate surface area is 98.3 Å². The quantitative estimate of drug-likeness (QED) is 0.884. The van der Waals surface area contributed by atoms with Crippen LogP contribution < -0.4 is 10.5 Å². The van der Waals surface area contributed by atoms with E-state index in [1.807, 2.05) is 6.92 Å². The summed E-state index contributed by atoms with van der Waals surface area (Å²) in [4.78, 5) is 8.02. The first-order valence-electron chi connectivity index (χ1n) is 5.16. The molecule has 1 unspecified atom stereocenters. The number of rotatable bonds is 3. The molecule has 1 aromatic carbocycles. The molecule has 0 amide bonds. The molecule has 88 valence electrons. The molecule has 5 heteroatoms. The van der Waals surface area contributed by atoms with Crippen molar-refractivity contribution in [3.8, 4) is 11.8 Å². The Bertz CT molecular complexity index is 482. The summed E-state index contributed by atoms with van der Waals surface area (Å²) in [6.07, 6.45) is 3.22. The van der Waals surface area contributed by atoms with Gasteiger partial charge in [-0.05, 0) is 31.2 Å². The summed E-state index contributed by atoms with van der Waals surface area (Å²) in [5.74, 6) is 0.172. The molecule has 2 rings (SSSR count). The third-order valence-electron chi connectivity index (χ3n) is 2.20. The molecule has 0 saturated carbocycles. The maximum Gasteiger partial charge on any atom is 0.321 e. The summed E-state index contributed by atoms with van der Waals surface area (Å²) in [7, 11) is 0. The molecular formula is C12H12FN3O. The van der Waals surface area contributed by atoms with Gasteiger partial charge in [0.1, 0.15) is 11.6 Å². The molecule has 0 aliphatic heterocycles. The maximum absolute atomic E-state index is 12.7. The highest BCUT2D eigenvalue weighted by Crippen LogP contribution is 2.18. The van der Waals surface area contributed by atoms with E-state index in [4.69, 9.17) is 10.5 Å². The summed E-state index contributed by atoms with van der Waals surface area (Å²) in [5, 5.41) is 0. The molecule has 0 bridgehead atoms. The number of halogens is 1. The van der Waals surface area contributed by atoms with Gasteiger partial charge in [0.05, 0.1) is 0 Å². The Hall–Kier alpha value is -2.01. The Morgan fingerprint density at radius 1 is 1.18 bits per heavy atom. The van der Waals surface area contributed by atoms with Gasteiger partial charge in [0, 0.05) is 24.0 Å². The highest BCUT2D eigenvalue weighted by Gasteiger charge is 2.03. The second kappa shape index (κ2) is 4.88. The van der Waals surface area contributed by atoms with Crippen molar-refractivity contribution in [1.82, 2.24) is 9.97 Å². The average Bonchev–Trinajstić information content (AvgIpc) is 2.33. The smallest absolute Gasteiger partial charge is 0.321 e. The lowest BCUT2D eigenvalue weighted by molar-refractivity contribution is 0.439. The molecule has 2 aromatic rings. The lowest BCUT2D eigenvalue weighted by Crippen LogP contribution is -2.06. The Morgan fingerprint density at radius 2 is 1.76 bits per heavy atom. The van der Waals surface area contributed by atoms with E-state index in [0.29, 0.717) is 5.75 Å². The minimum Gasteiger partial charge on any atom is -0.424 e. The van der Waals surface area contributed by atoms with Crippen molar-refractivity contribution in [3.05, 3.63) is 48.0 Å². The van der Waals surface area contributed by atoms with E-state index >= 15 is 0 Å². The van der Waals surface area contributed by atoms with E-state index in [-0.39, 0.29) is 17.9 Å². The van der Waals surface area contributed by atoms with E-state index in [2.05, 4.69) is 9.97 Å². The van der Waals surface area contributed by atoms with Crippen LogP contribution in [0.1, 0.15) is 18.5 Å². The van der Waals surface area contributed by atoms with E-state index in [1.165, 1.54) is 24.3 Å². The normalized spacial score (nSPS) is 12.2. The fourth-order valence-corrected chi connectivity index (χ4v) is 1.22. The van der Waals surface area contributed by atoms with E-state index < -0.39 is 0 Å². The fraction of sp³-hybridized carbons (Fsp3) is 0.167. The zero-order valence-corrected chi connectivity index (χ0v) is 9.30. The van der Waals surface area contributed by atoms with Gasteiger partial charge in [-0.25, -0.2) is 14.4 Å². The van der Waals surface area contributed by atoms with Crippen LogP contribution in [0.4, 0.5) is 4.39 Å². The first kappa shape index (κ1) is 11.5. The molecule has 2 N–H and O–H groups in total. The summed E-state index contributed by atoms with van der Waals surface area (Å²) in [5.41, 5.74) is 6.50. The molecule has 0 saturated heterocycles. The maximum atomic E-state index is 12.7. The number of benzene rings is 1. The van der Waals surface area contributed by atoms with Gasteiger partial charge in [0.25, 0.3) is 0 Å². The zero-order chi connectivity index (χ0) is 12.3. The van der Waals surface area contributed by atoms with Crippen molar-refractivity contribution in [1.29, 1.82) is 0 Å². The van der Waals surface area contributed by atoms with Crippen LogP contribution >= 0.6 is 0 Å². The Kier molecular flexibility index (Phi) is 3.30. The van der Waals surface area contributed by atoms with Crippen molar-refractivity contribution in [2.45, 2.75) is 13.0 Å². The number of hydrogen-bond acceptors (Lipinski definition) is 4. The molecule has 4 nitrogen and oxygen atoms in total. The van der Waals surface area contributed by atoms with Gasteiger partial charge in [-0.3, -0.25) is 0 Å². The van der Waals surface area contributed by atoms with Crippen molar-refractivity contribution < 1.29 is 9.13 Å². The largest absolute Gasteiger partial charge is 0.424 e. The third kappa shape index (κ3) is 2.98. The average molecular weight is 233 g/mol. The minimum absolute atomic E-state index is 0.116. The predicted molar refractivity (Wildman–Crippen MR) is 61.1 cm³/mol. The second-order valence-corrected chi connectivity index (χ2v) is 3.64. The number of nitrogens with zero attached hydrogens (tertiary/aromatic N) is 2. The van der Waals surface area contributed by atoms with Crippen LogP contribution in [0.3, 0.4) is 0 Å². The summed E-state index contributed by atoms with van der Waals surface area (Å²) in [6.45, 7) is 1.85. The first-order valence-corrected chi connectivity index (χ1v) is 5.16. The number of hydrogen-bond donors (Lipinski definition) is 1. The van der Waals surface area contributed by atoms with Gasteiger partial charge >= 0.3 is 6.01 Å². The molecule has 0 radical (unpaired) electrons. The SMILES string of the molecule is CC(N)c1cnc(Oc2ccc(F)cc2)nc1. The zero-order valence-electron chi connectivity index (χ0n) is 9.30. The standard InChI is InChI=1S/C12H12FN3O/c1-8(14)9-6-15-12(16-7-9)17-11-4-2-10(13)3-5-11/h2-8H,14H2,1H3. The lowest BCUT2D eigenvalue weighted by Gasteiger charge is -2.06. The summed E-state index contributed by atoms with van der Waals surface area (Å²) in [6, 6.07) is 5.74. The van der Waals surface area contributed by atoms with Gasteiger partial charge in [-0.15, -0.1) is 0 Å². The highest BCUT2D eigenvalue weighted by molar-refractivity contribution is 5.25. The summed E-state index contributed by atoms with van der Waals surface area (Å²) >= 11 is 0. The second-order valence-electron chi connectivity index (χ2n) is 3.64. The molecule has 0 fully saturated rings. The molecule has 1 atom stereocenters. The van der Waals surface area contributed by atoms with Crippen LogP contribution in [-0.4, -0.2) is 9.97 Å². The Balaban J connectivity index is 2.11. The van der Waals surface area contributed by atoms with Crippen LogP contribution in [-0.2, 0) is 0 Å². The van der Waals surface area contributed by atoms with Crippen molar-refractivity contribution in [2.75, 3.05) is 0 Å².